The number of rotatable bonds is 9. The minimum atomic E-state index is -1.12. The summed E-state index contributed by atoms with van der Waals surface area (Å²) in [5.41, 5.74) is 1.62. The zero-order chi connectivity index (χ0) is 22.2. The fourth-order valence-corrected chi connectivity index (χ4v) is 2.98. The molecule has 2 aromatic carbocycles. The first-order valence-electron chi connectivity index (χ1n) is 9.79. The van der Waals surface area contributed by atoms with Crippen LogP contribution in [0.1, 0.15) is 22.9 Å². The molecule has 0 atom stereocenters. The van der Waals surface area contributed by atoms with E-state index in [2.05, 4.69) is 4.98 Å². The molecular weight excluding hydrogens is 400 g/mol. The number of aliphatic carboxylic acids is 1. The Bertz CT molecular complexity index is 1010. The second-order valence-electron chi connectivity index (χ2n) is 6.91. The largest absolute Gasteiger partial charge is 0.493 e. The Morgan fingerprint density at radius 1 is 1.03 bits per heavy atom. The van der Waals surface area contributed by atoms with Crippen LogP contribution in [0.5, 0.6) is 11.5 Å². The minimum absolute atomic E-state index is 0.0929. The number of nitrogens with zero attached hydrogens (tertiary/aromatic N) is 2. The Labute approximate surface area is 180 Å². The highest BCUT2D eigenvalue weighted by Crippen LogP contribution is 2.17. The van der Waals surface area contributed by atoms with Crippen molar-refractivity contribution in [2.75, 3.05) is 13.2 Å². The number of aromatic nitrogens is 1. The van der Waals surface area contributed by atoms with Gasteiger partial charge in [0.05, 0.1) is 12.3 Å². The van der Waals surface area contributed by atoms with E-state index in [1.807, 2.05) is 6.92 Å². The van der Waals surface area contributed by atoms with E-state index in [1.54, 1.807) is 61.5 Å². The summed E-state index contributed by atoms with van der Waals surface area (Å²) in [6, 6.07) is 15.6. The summed E-state index contributed by atoms with van der Waals surface area (Å²) in [4.78, 5) is 29.1. The van der Waals surface area contributed by atoms with Gasteiger partial charge < -0.3 is 19.0 Å². The lowest BCUT2D eigenvalue weighted by atomic mass is 10.2. The zero-order valence-electron chi connectivity index (χ0n) is 17.4. The molecule has 162 valence electrons. The van der Waals surface area contributed by atoms with E-state index in [4.69, 9.17) is 19.0 Å². The molecule has 0 bridgehead atoms. The van der Waals surface area contributed by atoms with Crippen LogP contribution in [0.2, 0.25) is 0 Å². The highest BCUT2D eigenvalue weighted by atomic mass is 16.6. The molecular formula is C23H24N2O6. The maximum atomic E-state index is 12.4. The van der Waals surface area contributed by atoms with Crippen molar-refractivity contribution >= 4 is 12.1 Å². The van der Waals surface area contributed by atoms with Crippen LogP contribution in [0.4, 0.5) is 4.79 Å². The second kappa shape index (κ2) is 10.3. The standard InChI is InChI=1S/C23H24N2O6/c1-16-21(24-17(2)30-16)12-13-29-19-10-8-18(9-11-19)14-25(15-22(26)27)23(28)31-20-6-4-3-5-7-20/h3-11H,12-15H2,1-2H3,(H,26,27). The molecule has 0 saturated heterocycles. The number of ether oxygens (including phenoxy) is 2. The third-order valence-electron chi connectivity index (χ3n) is 4.44. The average molecular weight is 424 g/mol. The number of amides is 1. The van der Waals surface area contributed by atoms with E-state index in [9.17, 15) is 9.59 Å². The molecule has 8 heteroatoms. The Morgan fingerprint density at radius 3 is 2.35 bits per heavy atom. The Kier molecular flexibility index (Phi) is 7.26. The third-order valence-corrected chi connectivity index (χ3v) is 4.44. The first kappa shape index (κ1) is 21.9. The van der Waals surface area contributed by atoms with E-state index in [0.29, 0.717) is 30.4 Å². The summed E-state index contributed by atoms with van der Waals surface area (Å²) in [6.45, 7) is 3.74. The predicted octanol–water partition coefficient (Wildman–Crippen LogP) is 4.00. The lowest BCUT2D eigenvalue weighted by Gasteiger charge is -2.20. The smallest absolute Gasteiger partial charge is 0.416 e. The highest BCUT2D eigenvalue weighted by Gasteiger charge is 2.19. The number of hydrogen-bond donors (Lipinski definition) is 1. The molecule has 0 aliphatic carbocycles. The number of carbonyl (C=O) groups is 2. The molecule has 1 aromatic heterocycles. The molecule has 0 aliphatic heterocycles. The van der Waals surface area contributed by atoms with Gasteiger partial charge >= 0.3 is 12.1 Å². The molecule has 0 spiro atoms. The second-order valence-corrected chi connectivity index (χ2v) is 6.91. The van der Waals surface area contributed by atoms with Gasteiger partial charge in [0.1, 0.15) is 23.8 Å². The summed E-state index contributed by atoms with van der Waals surface area (Å²) in [7, 11) is 0. The Morgan fingerprint density at radius 2 is 1.74 bits per heavy atom. The molecule has 8 nitrogen and oxygen atoms in total. The number of oxazole rings is 1. The van der Waals surface area contributed by atoms with Crippen molar-refractivity contribution in [3.63, 3.8) is 0 Å². The summed E-state index contributed by atoms with van der Waals surface area (Å²) in [5.74, 6) is 1.32. The number of benzene rings is 2. The predicted molar refractivity (Wildman–Crippen MR) is 112 cm³/mol. The van der Waals surface area contributed by atoms with Gasteiger partial charge in [-0.2, -0.15) is 0 Å². The van der Waals surface area contributed by atoms with Gasteiger partial charge in [-0.25, -0.2) is 9.78 Å². The monoisotopic (exact) mass is 424 g/mol. The number of carbonyl (C=O) groups excluding carboxylic acids is 1. The maximum absolute atomic E-state index is 12.4. The number of hydrogen-bond acceptors (Lipinski definition) is 6. The van der Waals surface area contributed by atoms with E-state index in [1.165, 1.54) is 0 Å². The number of carboxylic acids is 1. The third kappa shape index (κ3) is 6.60. The van der Waals surface area contributed by atoms with Crippen LogP contribution in [0.25, 0.3) is 0 Å². The number of carboxylic acid groups (broad SMARTS) is 1. The maximum Gasteiger partial charge on any atom is 0.416 e. The van der Waals surface area contributed by atoms with Gasteiger partial charge in [-0.05, 0) is 36.8 Å². The van der Waals surface area contributed by atoms with Gasteiger partial charge in [0.15, 0.2) is 5.89 Å². The first-order valence-corrected chi connectivity index (χ1v) is 9.79. The van der Waals surface area contributed by atoms with Gasteiger partial charge in [0.2, 0.25) is 0 Å². The summed E-state index contributed by atoms with van der Waals surface area (Å²) in [5, 5.41) is 9.15. The zero-order valence-corrected chi connectivity index (χ0v) is 17.4. The molecule has 0 saturated carbocycles. The SMILES string of the molecule is Cc1nc(CCOc2ccc(CN(CC(=O)O)C(=O)Oc3ccccc3)cc2)c(C)o1. The molecule has 31 heavy (non-hydrogen) atoms. The fraction of sp³-hybridized carbons (Fsp3) is 0.261. The van der Waals surface area contributed by atoms with Crippen molar-refractivity contribution in [2.24, 2.45) is 0 Å². The molecule has 0 fully saturated rings. The van der Waals surface area contributed by atoms with Crippen molar-refractivity contribution in [1.29, 1.82) is 0 Å². The van der Waals surface area contributed by atoms with Crippen LogP contribution in [-0.4, -0.2) is 40.2 Å². The van der Waals surface area contributed by atoms with Gasteiger partial charge in [-0.3, -0.25) is 9.69 Å². The van der Waals surface area contributed by atoms with Gasteiger partial charge in [0.25, 0.3) is 0 Å². The Balaban J connectivity index is 1.56. The summed E-state index contributed by atoms with van der Waals surface area (Å²) >= 11 is 0. The highest BCUT2D eigenvalue weighted by molar-refractivity contribution is 5.78. The van der Waals surface area contributed by atoms with E-state index >= 15 is 0 Å². The van der Waals surface area contributed by atoms with Crippen LogP contribution in [-0.2, 0) is 17.8 Å². The van der Waals surface area contributed by atoms with Crippen molar-refractivity contribution in [3.8, 4) is 11.5 Å². The van der Waals surface area contributed by atoms with E-state index in [0.717, 1.165) is 21.9 Å². The molecule has 1 heterocycles. The van der Waals surface area contributed by atoms with Crippen molar-refractivity contribution in [2.45, 2.75) is 26.8 Å². The van der Waals surface area contributed by atoms with Crippen molar-refractivity contribution in [1.82, 2.24) is 9.88 Å². The van der Waals surface area contributed by atoms with Gasteiger partial charge in [-0.15, -0.1) is 0 Å². The number of aryl methyl sites for hydroxylation is 2. The van der Waals surface area contributed by atoms with Crippen LogP contribution < -0.4 is 9.47 Å². The minimum Gasteiger partial charge on any atom is -0.493 e. The fourth-order valence-electron chi connectivity index (χ4n) is 2.98. The van der Waals surface area contributed by atoms with Gasteiger partial charge in [0, 0.05) is 19.9 Å². The molecule has 1 N–H and O–H groups in total. The average Bonchev–Trinajstić information content (AvgIpc) is 3.06. The van der Waals surface area contributed by atoms with Crippen molar-refractivity contribution < 1.29 is 28.6 Å². The lowest BCUT2D eigenvalue weighted by molar-refractivity contribution is -0.138. The molecule has 1 amide bonds. The summed E-state index contributed by atoms with van der Waals surface area (Å²) in [6.07, 6.45) is -0.102. The van der Waals surface area contributed by atoms with Crippen LogP contribution in [0.3, 0.4) is 0 Å². The molecule has 0 radical (unpaired) electrons. The first-order chi connectivity index (χ1) is 14.9. The van der Waals surface area contributed by atoms with Crippen LogP contribution in [0, 0.1) is 13.8 Å². The van der Waals surface area contributed by atoms with E-state index < -0.39 is 18.6 Å². The van der Waals surface area contributed by atoms with E-state index in [-0.39, 0.29) is 6.54 Å². The van der Waals surface area contributed by atoms with Gasteiger partial charge in [-0.1, -0.05) is 30.3 Å². The van der Waals surface area contributed by atoms with Crippen LogP contribution >= 0.6 is 0 Å². The topological polar surface area (TPSA) is 102 Å². The lowest BCUT2D eigenvalue weighted by Crippen LogP contribution is -2.37. The Hall–Kier alpha value is -3.81. The normalized spacial score (nSPS) is 10.5. The molecule has 0 unspecified atom stereocenters. The molecule has 3 rings (SSSR count). The quantitative estimate of drug-likeness (QED) is 0.554. The summed E-state index contributed by atoms with van der Waals surface area (Å²) < 4.78 is 16.4. The number of para-hydroxylation sites is 1. The van der Waals surface area contributed by atoms with Crippen molar-refractivity contribution in [3.05, 3.63) is 77.5 Å². The molecule has 3 aromatic rings. The molecule has 0 aliphatic rings. The van der Waals surface area contributed by atoms with Crippen LogP contribution in [0.15, 0.2) is 59.0 Å².